The molecular formula is C24H30N4O2S. The third-order valence-electron chi connectivity index (χ3n) is 5.01. The van der Waals surface area contributed by atoms with Crippen LogP contribution < -0.4 is 10.1 Å². The van der Waals surface area contributed by atoms with Crippen molar-refractivity contribution in [1.82, 2.24) is 14.8 Å². The van der Waals surface area contributed by atoms with Crippen molar-refractivity contribution in [3.63, 3.8) is 0 Å². The molecule has 0 bridgehead atoms. The number of nitrogens with one attached hydrogen (secondary N) is 1. The molecule has 0 fully saturated rings. The highest BCUT2D eigenvalue weighted by atomic mass is 32.2. The Morgan fingerprint density at radius 2 is 1.81 bits per heavy atom. The van der Waals surface area contributed by atoms with Gasteiger partial charge < -0.3 is 14.6 Å². The monoisotopic (exact) mass is 438 g/mol. The lowest BCUT2D eigenvalue weighted by Crippen LogP contribution is -2.15. The summed E-state index contributed by atoms with van der Waals surface area (Å²) >= 11 is 1.35. The number of carbonyl (C=O) groups excluding carboxylic acids is 1. The summed E-state index contributed by atoms with van der Waals surface area (Å²) in [5, 5.41) is 12.1. The van der Waals surface area contributed by atoms with Gasteiger partial charge in [-0.15, -0.1) is 10.2 Å². The van der Waals surface area contributed by atoms with Crippen LogP contribution in [0.4, 0.5) is 5.69 Å². The van der Waals surface area contributed by atoms with Crippen molar-refractivity contribution < 1.29 is 9.53 Å². The third kappa shape index (κ3) is 6.10. The zero-order chi connectivity index (χ0) is 22.6. The Balaban J connectivity index is 1.54. The number of ether oxygens (including phenoxy) is 1. The number of rotatable bonds is 7. The van der Waals surface area contributed by atoms with Crippen molar-refractivity contribution >= 4 is 23.4 Å². The molecule has 1 aromatic heterocycles. The Bertz CT molecular complexity index is 1050. The molecule has 0 saturated carbocycles. The first-order valence-corrected chi connectivity index (χ1v) is 11.2. The quantitative estimate of drug-likeness (QED) is 0.524. The molecule has 0 atom stereocenters. The summed E-state index contributed by atoms with van der Waals surface area (Å²) < 4.78 is 7.73. The predicted molar refractivity (Wildman–Crippen MR) is 126 cm³/mol. The van der Waals surface area contributed by atoms with Gasteiger partial charge >= 0.3 is 0 Å². The van der Waals surface area contributed by atoms with Crippen molar-refractivity contribution in [1.29, 1.82) is 0 Å². The highest BCUT2D eigenvalue weighted by Gasteiger charge is 2.15. The number of thioether (sulfide) groups is 1. The van der Waals surface area contributed by atoms with Crippen LogP contribution in [0.1, 0.15) is 43.3 Å². The van der Waals surface area contributed by atoms with Gasteiger partial charge in [-0.25, -0.2) is 0 Å². The van der Waals surface area contributed by atoms with E-state index in [1.165, 1.54) is 17.3 Å². The van der Waals surface area contributed by atoms with E-state index in [9.17, 15) is 4.79 Å². The fraction of sp³-hybridized carbons (Fsp3) is 0.375. The number of amides is 1. The lowest BCUT2D eigenvalue weighted by atomic mass is 9.87. The van der Waals surface area contributed by atoms with Crippen LogP contribution in [0.25, 0.3) is 0 Å². The number of nitrogens with zero attached hydrogens (tertiary/aromatic N) is 3. The smallest absolute Gasteiger partial charge is 0.234 e. The van der Waals surface area contributed by atoms with Crippen LogP contribution in [-0.4, -0.2) is 26.4 Å². The SMILES string of the molecule is Cc1ccc(C)c(NC(=O)CSc2nnc(COc3ccc(C(C)(C)C)cc3)n2C)c1. The number of aryl methyl sites for hydroxylation is 2. The summed E-state index contributed by atoms with van der Waals surface area (Å²) in [6, 6.07) is 14.1. The molecule has 0 aliphatic rings. The Kier molecular flexibility index (Phi) is 7.05. The first kappa shape index (κ1) is 22.9. The van der Waals surface area contributed by atoms with Gasteiger partial charge in [0.1, 0.15) is 12.4 Å². The van der Waals surface area contributed by atoms with Crippen LogP contribution in [0.15, 0.2) is 47.6 Å². The average Bonchev–Trinajstić information content (AvgIpc) is 3.07. The molecule has 3 rings (SSSR count). The Morgan fingerprint density at radius 3 is 2.48 bits per heavy atom. The number of hydrogen-bond acceptors (Lipinski definition) is 5. The van der Waals surface area contributed by atoms with E-state index in [0.717, 1.165) is 22.6 Å². The van der Waals surface area contributed by atoms with Crippen molar-refractivity contribution in [2.45, 2.75) is 51.8 Å². The lowest BCUT2D eigenvalue weighted by Gasteiger charge is -2.19. The predicted octanol–water partition coefficient (Wildman–Crippen LogP) is 5.04. The molecule has 0 saturated heterocycles. The minimum absolute atomic E-state index is 0.0709. The van der Waals surface area contributed by atoms with Crippen LogP contribution in [-0.2, 0) is 23.9 Å². The summed E-state index contributed by atoms with van der Waals surface area (Å²) in [7, 11) is 1.88. The van der Waals surface area contributed by atoms with Crippen LogP contribution >= 0.6 is 11.8 Å². The van der Waals surface area contributed by atoms with Gasteiger partial charge in [-0.1, -0.05) is 56.8 Å². The van der Waals surface area contributed by atoms with E-state index >= 15 is 0 Å². The van der Waals surface area contributed by atoms with Gasteiger partial charge in [0.2, 0.25) is 5.91 Å². The van der Waals surface area contributed by atoms with Crippen molar-refractivity contribution in [2.75, 3.05) is 11.1 Å². The van der Waals surface area contributed by atoms with Crippen LogP contribution in [0.2, 0.25) is 0 Å². The van der Waals surface area contributed by atoms with E-state index < -0.39 is 0 Å². The second-order valence-corrected chi connectivity index (χ2v) is 9.62. The molecule has 1 heterocycles. The maximum Gasteiger partial charge on any atom is 0.234 e. The summed E-state index contributed by atoms with van der Waals surface area (Å²) in [6.07, 6.45) is 0. The van der Waals surface area contributed by atoms with Gasteiger partial charge in [-0.3, -0.25) is 4.79 Å². The zero-order valence-electron chi connectivity index (χ0n) is 19.0. The molecule has 7 heteroatoms. The van der Waals surface area contributed by atoms with Crippen LogP contribution in [0.5, 0.6) is 5.75 Å². The lowest BCUT2D eigenvalue weighted by molar-refractivity contribution is -0.113. The first-order valence-electron chi connectivity index (χ1n) is 10.2. The number of anilines is 1. The standard InChI is InChI=1S/C24H30N4O2S/c1-16-7-8-17(2)20(13-16)25-22(29)15-31-23-27-26-21(28(23)6)14-30-19-11-9-18(10-12-19)24(3,4)5/h7-13H,14-15H2,1-6H3,(H,25,29). The minimum Gasteiger partial charge on any atom is -0.486 e. The highest BCUT2D eigenvalue weighted by molar-refractivity contribution is 7.99. The molecule has 0 aliphatic carbocycles. The Morgan fingerprint density at radius 1 is 1.10 bits per heavy atom. The van der Waals surface area contributed by atoms with Crippen molar-refractivity contribution in [3.05, 3.63) is 65.0 Å². The molecular weight excluding hydrogens is 408 g/mol. The normalized spacial score (nSPS) is 11.4. The highest BCUT2D eigenvalue weighted by Crippen LogP contribution is 2.25. The van der Waals surface area contributed by atoms with Gasteiger partial charge in [0.05, 0.1) is 5.75 Å². The summed E-state index contributed by atoms with van der Waals surface area (Å²) in [4.78, 5) is 12.4. The molecule has 0 spiro atoms. The zero-order valence-corrected chi connectivity index (χ0v) is 19.8. The number of benzene rings is 2. The van der Waals surface area contributed by atoms with Crippen LogP contribution in [0.3, 0.4) is 0 Å². The number of aromatic nitrogens is 3. The molecule has 31 heavy (non-hydrogen) atoms. The van der Waals surface area contributed by atoms with Gasteiger partial charge in [0, 0.05) is 12.7 Å². The molecule has 2 aromatic carbocycles. The Hall–Kier alpha value is -2.80. The topological polar surface area (TPSA) is 69.0 Å². The summed E-state index contributed by atoms with van der Waals surface area (Å²) in [5.41, 5.74) is 4.36. The van der Waals surface area contributed by atoms with E-state index in [-0.39, 0.29) is 17.1 Å². The van der Waals surface area contributed by atoms with E-state index in [0.29, 0.717) is 17.6 Å². The maximum atomic E-state index is 12.4. The van der Waals surface area contributed by atoms with Crippen molar-refractivity contribution in [2.24, 2.45) is 7.05 Å². The van der Waals surface area contributed by atoms with Gasteiger partial charge in [-0.05, 0) is 54.2 Å². The van der Waals surface area contributed by atoms with E-state index in [1.54, 1.807) is 0 Å². The third-order valence-corrected chi connectivity index (χ3v) is 6.03. The number of carbonyl (C=O) groups is 1. The second-order valence-electron chi connectivity index (χ2n) is 8.68. The molecule has 3 aromatic rings. The van der Waals surface area contributed by atoms with Crippen LogP contribution in [0, 0.1) is 13.8 Å². The molecule has 0 unspecified atom stereocenters. The fourth-order valence-electron chi connectivity index (χ4n) is 2.98. The first-order chi connectivity index (χ1) is 14.6. The number of hydrogen-bond donors (Lipinski definition) is 1. The molecule has 6 nitrogen and oxygen atoms in total. The summed E-state index contributed by atoms with van der Waals surface area (Å²) in [5.74, 6) is 1.68. The Labute approximate surface area is 188 Å². The summed E-state index contributed by atoms with van der Waals surface area (Å²) in [6.45, 7) is 10.9. The average molecular weight is 439 g/mol. The molecule has 0 radical (unpaired) electrons. The minimum atomic E-state index is -0.0709. The second kappa shape index (κ2) is 9.56. The molecule has 0 aliphatic heterocycles. The van der Waals surface area contributed by atoms with Crippen molar-refractivity contribution in [3.8, 4) is 5.75 Å². The van der Waals surface area contributed by atoms with E-state index in [1.807, 2.05) is 55.8 Å². The molecule has 1 amide bonds. The largest absolute Gasteiger partial charge is 0.486 e. The van der Waals surface area contributed by atoms with Gasteiger partial charge in [0.15, 0.2) is 11.0 Å². The van der Waals surface area contributed by atoms with Gasteiger partial charge in [-0.2, -0.15) is 0 Å². The molecule has 1 N–H and O–H groups in total. The van der Waals surface area contributed by atoms with E-state index in [2.05, 4.69) is 48.4 Å². The fourth-order valence-corrected chi connectivity index (χ4v) is 3.71. The van der Waals surface area contributed by atoms with Gasteiger partial charge in [0.25, 0.3) is 0 Å². The maximum absolute atomic E-state index is 12.4. The van der Waals surface area contributed by atoms with E-state index in [4.69, 9.17) is 4.74 Å². The molecule has 164 valence electrons.